The molecule has 0 saturated carbocycles. The van der Waals surface area contributed by atoms with Crippen molar-refractivity contribution >= 4 is 46.7 Å². The minimum Gasteiger partial charge on any atom is -0.497 e. The van der Waals surface area contributed by atoms with Crippen molar-refractivity contribution in [3.8, 4) is 34.0 Å². The van der Waals surface area contributed by atoms with Crippen LogP contribution in [0.5, 0.6) is 11.5 Å². The highest BCUT2D eigenvalue weighted by Crippen LogP contribution is 2.37. The summed E-state index contributed by atoms with van der Waals surface area (Å²) < 4.78 is 12.9. The minimum atomic E-state index is -0.355. The van der Waals surface area contributed by atoms with Crippen molar-refractivity contribution in [3.05, 3.63) is 76.8 Å². The SMILES string of the molecule is CCn1c(SCCNC(=O)Nc2cccc(Cl)c2Cl)nc(-c2ccc(OC)cc2)c1-c1ccc(OC)cc1. The first kappa shape index (κ1) is 27.7. The molecule has 1 heterocycles. The summed E-state index contributed by atoms with van der Waals surface area (Å²) in [4.78, 5) is 17.4. The number of carbonyl (C=O) groups excluding carboxylic acids is 1. The van der Waals surface area contributed by atoms with Gasteiger partial charge in [0.2, 0.25) is 0 Å². The maximum Gasteiger partial charge on any atom is 0.319 e. The summed E-state index contributed by atoms with van der Waals surface area (Å²) in [7, 11) is 3.30. The lowest BCUT2D eigenvalue weighted by molar-refractivity contribution is 0.252. The Morgan fingerprint density at radius 1 is 0.947 bits per heavy atom. The van der Waals surface area contributed by atoms with Gasteiger partial charge in [0.25, 0.3) is 0 Å². The third-order valence-corrected chi connectivity index (χ3v) is 7.59. The molecule has 0 radical (unpaired) electrons. The van der Waals surface area contributed by atoms with Gasteiger partial charge in [-0.15, -0.1) is 0 Å². The topological polar surface area (TPSA) is 77.4 Å². The molecule has 10 heteroatoms. The Morgan fingerprint density at radius 2 is 1.58 bits per heavy atom. The van der Waals surface area contributed by atoms with E-state index in [2.05, 4.69) is 22.1 Å². The number of amides is 2. The molecular formula is C28H28Cl2N4O3S. The molecule has 0 saturated heterocycles. The number of ether oxygens (including phenoxy) is 2. The smallest absolute Gasteiger partial charge is 0.319 e. The van der Waals surface area contributed by atoms with Crippen LogP contribution in [-0.2, 0) is 6.54 Å². The fourth-order valence-corrected chi connectivity index (χ4v) is 5.17. The van der Waals surface area contributed by atoms with Gasteiger partial charge in [-0.2, -0.15) is 0 Å². The Morgan fingerprint density at radius 3 is 2.18 bits per heavy atom. The van der Waals surface area contributed by atoms with Crippen molar-refractivity contribution in [2.24, 2.45) is 0 Å². The molecule has 198 valence electrons. The zero-order valence-corrected chi connectivity index (χ0v) is 23.6. The molecule has 0 bridgehead atoms. The number of methoxy groups -OCH3 is 2. The lowest BCUT2D eigenvalue weighted by Gasteiger charge is -2.12. The molecule has 4 aromatic rings. The molecule has 2 N–H and O–H groups in total. The van der Waals surface area contributed by atoms with Gasteiger partial charge in [-0.05, 0) is 67.6 Å². The van der Waals surface area contributed by atoms with Crippen molar-refractivity contribution in [2.45, 2.75) is 18.6 Å². The van der Waals surface area contributed by atoms with Gasteiger partial charge in [-0.3, -0.25) is 0 Å². The number of urea groups is 1. The third-order valence-electron chi connectivity index (χ3n) is 5.79. The van der Waals surface area contributed by atoms with Gasteiger partial charge < -0.3 is 24.7 Å². The molecule has 0 spiro atoms. The molecular weight excluding hydrogens is 543 g/mol. The maximum absolute atomic E-state index is 12.4. The number of halogens is 2. The molecule has 3 aromatic carbocycles. The number of imidazole rings is 1. The Kier molecular flexibility index (Phi) is 9.44. The highest BCUT2D eigenvalue weighted by atomic mass is 35.5. The van der Waals surface area contributed by atoms with Crippen LogP contribution in [0.4, 0.5) is 10.5 Å². The van der Waals surface area contributed by atoms with Crippen molar-refractivity contribution in [1.29, 1.82) is 0 Å². The monoisotopic (exact) mass is 570 g/mol. The van der Waals surface area contributed by atoms with Crippen molar-refractivity contribution in [3.63, 3.8) is 0 Å². The number of rotatable bonds is 10. The molecule has 0 aliphatic carbocycles. The van der Waals surface area contributed by atoms with Crippen LogP contribution in [0.15, 0.2) is 71.9 Å². The number of aromatic nitrogens is 2. The van der Waals surface area contributed by atoms with Crippen LogP contribution in [0.1, 0.15) is 6.92 Å². The number of hydrogen-bond donors (Lipinski definition) is 2. The van der Waals surface area contributed by atoms with E-state index in [1.807, 2.05) is 48.5 Å². The molecule has 7 nitrogen and oxygen atoms in total. The van der Waals surface area contributed by atoms with E-state index < -0.39 is 0 Å². The minimum absolute atomic E-state index is 0.306. The Bertz CT molecular complexity index is 1390. The van der Waals surface area contributed by atoms with E-state index in [0.29, 0.717) is 28.0 Å². The van der Waals surface area contributed by atoms with Gasteiger partial charge in [0, 0.05) is 30.0 Å². The summed E-state index contributed by atoms with van der Waals surface area (Å²) in [6.45, 7) is 3.26. The largest absolute Gasteiger partial charge is 0.497 e. The van der Waals surface area contributed by atoms with Gasteiger partial charge in [-0.1, -0.05) is 41.0 Å². The fourth-order valence-electron chi connectivity index (χ4n) is 3.90. The van der Waals surface area contributed by atoms with E-state index in [-0.39, 0.29) is 6.03 Å². The summed E-state index contributed by atoms with van der Waals surface area (Å²) in [5.74, 6) is 2.20. The fraction of sp³-hybridized carbons (Fsp3) is 0.214. The van der Waals surface area contributed by atoms with Crippen LogP contribution < -0.4 is 20.1 Å². The normalized spacial score (nSPS) is 10.8. The number of nitrogens with zero attached hydrogens (tertiary/aromatic N) is 2. The molecule has 0 fully saturated rings. The van der Waals surface area contributed by atoms with Crippen LogP contribution >= 0.6 is 35.0 Å². The highest BCUT2D eigenvalue weighted by molar-refractivity contribution is 7.99. The number of hydrogen-bond acceptors (Lipinski definition) is 5. The summed E-state index contributed by atoms with van der Waals surface area (Å²) in [5, 5.41) is 7.14. The number of benzene rings is 3. The molecule has 2 amide bonds. The van der Waals surface area contributed by atoms with Gasteiger partial charge in [0.05, 0.1) is 41.3 Å². The van der Waals surface area contributed by atoms with Crippen molar-refractivity contribution in [2.75, 3.05) is 31.8 Å². The number of anilines is 1. The average molecular weight is 572 g/mol. The Hall–Kier alpha value is -3.33. The molecule has 1 aromatic heterocycles. The first-order chi connectivity index (χ1) is 18.4. The van der Waals surface area contributed by atoms with Gasteiger partial charge in [-0.25, -0.2) is 9.78 Å². The number of carbonyl (C=O) groups is 1. The molecule has 0 aliphatic heterocycles. The Labute approximate surface area is 236 Å². The second-order valence-corrected chi connectivity index (χ2v) is 9.97. The third kappa shape index (κ3) is 6.38. The average Bonchev–Trinajstić information content (AvgIpc) is 3.32. The van der Waals surface area contributed by atoms with E-state index in [1.54, 1.807) is 44.2 Å². The molecule has 0 unspecified atom stereocenters. The molecule has 38 heavy (non-hydrogen) atoms. The highest BCUT2D eigenvalue weighted by Gasteiger charge is 2.20. The van der Waals surface area contributed by atoms with Crippen molar-refractivity contribution < 1.29 is 14.3 Å². The second kappa shape index (κ2) is 13.0. The van der Waals surface area contributed by atoms with Crippen LogP contribution in [0.3, 0.4) is 0 Å². The lowest BCUT2D eigenvalue weighted by atomic mass is 10.0. The second-order valence-electron chi connectivity index (χ2n) is 8.12. The van der Waals surface area contributed by atoms with Crippen LogP contribution in [0, 0.1) is 0 Å². The quantitative estimate of drug-likeness (QED) is 0.153. The summed E-state index contributed by atoms with van der Waals surface area (Å²) in [6, 6.07) is 20.6. The number of nitrogens with one attached hydrogen (secondary N) is 2. The molecule has 0 aliphatic rings. The zero-order valence-electron chi connectivity index (χ0n) is 21.3. The standard InChI is InChI=1S/C28H28Cl2N4O3S/c1-4-34-26(19-10-14-21(37-3)15-11-19)25(18-8-12-20(36-2)13-9-18)33-28(34)38-17-16-31-27(35)32-23-7-5-6-22(29)24(23)30/h5-15H,4,16-17H2,1-3H3,(H2,31,32,35). The van der Waals surface area contributed by atoms with Gasteiger partial charge in [0.1, 0.15) is 11.5 Å². The first-order valence-electron chi connectivity index (χ1n) is 12.0. The van der Waals surface area contributed by atoms with Crippen LogP contribution in [0.2, 0.25) is 10.0 Å². The van der Waals surface area contributed by atoms with Crippen LogP contribution in [0.25, 0.3) is 22.5 Å². The zero-order chi connectivity index (χ0) is 27.1. The van der Waals surface area contributed by atoms with E-state index in [1.165, 1.54) is 0 Å². The summed E-state index contributed by atoms with van der Waals surface area (Å²) in [6.07, 6.45) is 0. The lowest BCUT2D eigenvalue weighted by Crippen LogP contribution is -2.30. The van der Waals surface area contributed by atoms with Crippen molar-refractivity contribution in [1.82, 2.24) is 14.9 Å². The molecule has 4 rings (SSSR count). The van der Waals surface area contributed by atoms with E-state index in [4.69, 9.17) is 37.7 Å². The maximum atomic E-state index is 12.4. The summed E-state index contributed by atoms with van der Waals surface area (Å²) in [5.41, 5.74) is 4.38. The van der Waals surface area contributed by atoms with E-state index >= 15 is 0 Å². The molecule has 0 atom stereocenters. The predicted octanol–water partition coefficient (Wildman–Crippen LogP) is 7.47. The number of thioether (sulfide) groups is 1. The van der Waals surface area contributed by atoms with E-state index in [9.17, 15) is 4.79 Å². The summed E-state index contributed by atoms with van der Waals surface area (Å²) >= 11 is 13.8. The van der Waals surface area contributed by atoms with E-state index in [0.717, 1.165) is 45.7 Å². The Balaban J connectivity index is 1.53. The van der Waals surface area contributed by atoms with Crippen LogP contribution in [-0.4, -0.2) is 42.1 Å². The first-order valence-corrected chi connectivity index (χ1v) is 13.7. The predicted molar refractivity (Wildman–Crippen MR) is 156 cm³/mol. The van der Waals surface area contributed by atoms with Gasteiger partial charge >= 0.3 is 6.03 Å². The van der Waals surface area contributed by atoms with Gasteiger partial charge in [0.15, 0.2) is 5.16 Å².